The molecule has 3 aliphatic heterocycles. The summed E-state index contributed by atoms with van der Waals surface area (Å²) in [5, 5.41) is 0. The van der Waals surface area contributed by atoms with Gasteiger partial charge >= 0.3 is 6.96 Å². The fraction of sp³-hybridized carbons (Fsp3) is 0.320. The fourth-order valence-electron chi connectivity index (χ4n) is 4.73. The van der Waals surface area contributed by atoms with Crippen LogP contribution in [0.2, 0.25) is 0 Å². The number of aromatic amines is 1. The average molecular weight is 432 g/mol. The van der Waals surface area contributed by atoms with Crippen LogP contribution in [0, 0.1) is 0 Å². The molecule has 0 amide bonds. The Morgan fingerprint density at radius 1 is 0.875 bits per heavy atom. The zero-order valence-corrected chi connectivity index (χ0v) is 19.1. The maximum atomic E-state index is 6.35. The number of hydrogen-bond donors (Lipinski definition) is 2. The highest BCUT2D eigenvalue weighted by Gasteiger charge is 2.51. The van der Waals surface area contributed by atoms with Gasteiger partial charge in [-0.25, -0.2) is 4.99 Å². The molecule has 1 aromatic carbocycles. The second-order valence-corrected chi connectivity index (χ2v) is 8.12. The van der Waals surface area contributed by atoms with Crippen molar-refractivity contribution in [1.29, 1.82) is 0 Å². The molecule has 0 radical (unpaired) electrons. The Morgan fingerprint density at radius 3 is 2.25 bits per heavy atom. The van der Waals surface area contributed by atoms with Crippen LogP contribution in [-0.4, -0.2) is 18.2 Å². The van der Waals surface area contributed by atoms with E-state index in [-0.39, 0.29) is 0 Å². The number of hydrogen-bond acceptors (Lipinski definition) is 4. The van der Waals surface area contributed by atoms with Gasteiger partial charge in [0.2, 0.25) is 5.70 Å². The van der Waals surface area contributed by atoms with E-state index in [9.17, 15) is 0 Å². The van der Waals surface area contributed by atoms with Crippen molar-refractivity contribution in [2.75, 3.05) is 0 Å². The van der Waals surface area contributed by atoms with E-state index in [1.54, 1.807) is 0 Å². The standard InChI is InChI=1S/C25H28BN2O4/c1-5-16-14-27-24(18(16)7-3)22-13-23(25-19(8-4)17(6-2)15-28-25)32-26(31-22)29-20-11-9-10-12-21(20)30-26/h9-15,27H,5-8H2,1-4H3/q-1/p+1/b25-23-. The van der Waals surface area contributed by atoms with E-state index in [4.69, 9.17) is 18.6 Å². The molecule has 0 bridgehead atoms. The summed E-state index contributed by atoms with van der Waals surface area (Å²) in [6, 6.07) is 7.53. The number of nitrogens with one attached hydrogen (secondary N) is 2. The van der Waals surface area contributed by atoms with Gasteiger partial charge in [-0.1, -0.05) is 39.8 Å². The number of fused-ring (bicyclic) bond motifs is 1. The van der Waals surface area contributed by atoms with Crippen LogP contribution in [0.5, 0.6) is 11.5 Å². The third-order valence-electron chi connectivity index (χ3n) is 6.32. The maximum absolute atomic E-state index is 6.35. The van der Waals surface area contributed by atoms with Gasteiger partial charge in [-0.2, -0.15) is 0 Å². The van der Waals surface area contributed by atoms with E-state index in [0.29, 0.717) is 23.0 Å². The van der Waals surface area contributed by atoms with Crippen LogP contribution in [-0.2, 0) is 22.2 Å². The Labute approximate surface area is 188 Å². The zero-order chi connectivity index (χ0) is 22.3. The predicted molar refractivity (Wildman–Crippen MR) is 125 cm³/mol. The molecule has 0 saturated heterocycles. The lowest BCUT2D eigenvalue weighted by Gasteiger charge is -2.40. The largest absolute Gasteiger partial charge is 0.777 e. The first kappa shape index (κ1) is 20.6. The summed E-state index contributed by atoms with van der Waals surface area (Å²) in [6.07, 6.45) is 9.74. The molecule has 4 heterocycles. The van der Waals surface area contributed by atoms with Crippen LogP contribution in [0.25, 0.3) is 5.76 Å². The van der Waals surface area contributed by atoms with E-state index in [0.717, 1.165) is 37.1 Å². The van der Waals surface area contributed by atoms with Crippen molar-refractivity contribution in [3.8, 4) is 11.5 Å². The van der Waals surface area contributed by atoms with Crippen molar-refractivity contribution < 1.29 is 23.6 Å². The minimum Gasteiger partial charge on any atom is -0.610 e. The molecule has 0 unspecified atom stereocenters. The molecule has 0 fully saturated rings. The molecule has 5 rings (SSSR count). The number of aromatic nitrogens is 1. The molecular formula is C25H29BN2O4. The summed E-state index contributed by atoms with van der Waals surface area (Å²) in [5.41, 5.74) is 6.90. The van der Waals surface area contributed by atoms with Gasteiger partial charge in [0, 0.05) is 23.4 Å². The number of aryl methyl sites for hydroxylation is 1. The highest BCUT2D eigenvalue weighted by atomic mass is 16.9. The minimum absolute atomic E-state index is 0.612. The molecule has 32 heavy (non-hydrogen) atoms. The van der Waals surface area contributed by atoms with Crippen LogP contribution < -0.4 is 14.3 Å². The lowest BCUT2D eigenvalue weighted by Crippen LogP contribution is -2.66. The molecule has 1 aromatic heterocycles. The van der Waals surface area contributed by atoms with E-state index in [1.807, 2.05) is 30.3 Å². The normalized spacial score (nSPS) is 20.6. The summed E-state index contributed by atoms with van der Waals surface area (Å²) in [6.45, 7) is 6.10. The molecule has 2 N–H and O–H groups in total. The Balaban J connectivity index is 1.65. The van der Waals surface area contributed by atoms with E-state index in [1.165, 1.54) is 22.3 Å². The van der Waals surface area contributed by atoms with Gasteiger partial charge in [0.05, 0.1) is 5.69 Å². The van der Waals surface area contributed by atoms with Crippen LogP contribution in [0.1, 0.15) is 57.4 Å². The number of allylic oxidation sites excluding steroid dienone is 3. The van der Waals surface area contributed by atoms with Crippen molar-refractivity contribution in [1.82, 2.24) is 4.98 Å². The molecule has 1 spiro atoms. The molecule has 7 heteroatoms. The average Bonchev–Trinajstić information content (AvgIpc) is 3.51. The molecule has 0 atom stereocenters. The SMILES string of the molecule is CCC1=C(CC)/C(=C2\C=C(c3[nH]cc(CC)c3CC)O[B-]3(O2)Oc2ccccc2O3)[NH+]=C1. The topological polar surface area (TPSA) is 66.7 Å². The quantitative estimate of drug-likeness (QED) is 0.703. The highest BCUT2D eigenvalue weighted by molar-refractivity contribution is 6.58. The van der Waals surface area contributed by atoms with E-state index >= 15 is 0 Å². The predicted octanol–water partition coefficient (Wildman–Crippen LogP) is 3.93. The van der Waals surface area contributed by atoms with Crippen molar-refractivity contribution in [2.45, 2.75) is 53.4 Å². The number of rotatable bonds is 5. The fourth-order valence-corrected chi connectivity index (χ4v) is 4.73. The van der Waals surface area contributed by atoms with Crippen LogP contribution in [0.15, 0.2) is 59.1 Å². The molecule has 0 saturated carbocycles. The Bertz CT molecular complexity index is 1160. The molecule has 2 aromatic rings. The summed E-state index contributed by atoms with van der Waals surface area (Å²) in [4.78, 5) is 6.83. The summed E-state index contributed by atoms with van der Waals surface area (Å²) in [5.74, 6) is 2.54. The summed E-state index contributed by atoms with van der Waals surface area (Å²) in [7, 11) is 0. The Morgan fingerprint density at radius 2 is 1.62 bits per heavy atom. The van der Waals surface area contributed by atoms with Gasteiger partial charge in [-0.05, 0) is 48.9 Å². The van der Waals surface area contributed by atoms with Crippen molar-refractivity contribution >= 4 is 18.9 Å². The van der Waals surface area contributed by atoms with Gasteiger partial charge in [0.1, 0.15) is 17.3 Å². The van der Waals surface area contributed by atoms with E-state index in [2.05, 4.69) is 50.1 Å². The molecule has 0 aliphatic carbocycles. The summed E-state index contributed by atoms with van der Waals surface area (Å²) >= 11 is 0. The van der Waals surface area contributed by atoms with Crippen LogP contribution in [0.3, 0.4) is 0 Å². The lowest BCUT2D eigenvalue weighted by atomic mass is 9.97. The second-order valence-electron chi connectivity index (χ2n) is 8.12. The zero-order valence-electron chi connectivity index (χ0n) is 19.1. The summed E-state index contributed by atoms with van der Waals surface area (Å²) < 4.78 is 25.0. The van der Waals surface area contributed by atoms with Crippen molar-refractivity contribution in [3.63, 3.8) is 0 Å². The lowest BCUT2D eigenvalue weighted by molar-refractivity contribution is -0.385. The molecule has 3 aliphatic rings. The van der Waals surface area contributed by atoms with Gasteiger partial charge < -0.3 is 23.6 Å². The van der Waals surface area contributed by atoms with Crippen molar-refractivity contribution in [3.05, 3.63) is 76.0 Å². The second kappa shape index (κ2) is 7.97. The molecule has 6 nitrogen and oxygen atoms in total. The number of benzene rings is 1. The monoisotopic (exact) mass is 432 g/mol. The number of para-hydroxylation sites is 2. The van der Waals surface area contributed by atoms with Gasteiger partial charge in [0.15, 0.2) is 12.0 Å². The molecular weight excluding hydrogens is 403 g/mol. The third kappa shape index (κ3) is 3.23. The van der Waals surface area contributed by atoms with Gasteiger partial charge in [-0.3, -0.25) is 0 Å². The highest BCUT2D eigenvalue weighted by Crippen LogP contribution is 2.43. The van der Waals surface area contributed by atoms with Gasteiger partial charge in [0.25, 0.3) is 0 Å². The first-order valence-electron chi connectivity index (χ1n) is 11.6. The maximum Gasteiger partial charge on any atom is 0.777 e. The molecule has 166 valence electrons. The first-order valence-corrected chi connectivity index (χ1v) is 11.6. The number of H-pyrrole nitrogens is 1. The third-order valence-corrected chi connectivity index (χ3v) is 6.32. The Kier molecular flexibility index (Phi) is 5.12. The van der Waals surface area contributed by atoms with Gasteiger partial charge in [-0.15, -0.1) is 0 Å². The first-order chi connectivity index (χ1) is 15.6. The minimum atomic E-state index is -2.53. The van der Waals surface area contributed by atoms with Crippen LogP contribution >= 0.6 is 0 Å². The van der Waals surface area contributed by atoms with E-state index < -0.39 is 6.96 Å². The van der Waals surface area contributed by atoms with Crippen molar-refractivity contribution in [2.24, 2.45) is 0 Å². The Hall–Kier alpha value is -3.35. The smallest absolute Gasteiger partial charge is 0.610 e. The van der Waals surface area contributed by atoms with Crippen LogP contribution in [0.4, 0.5) is 0 Å².